The number of nitrogens with zero attached hydrogens (tertiary/aromatic N) is 2. The van der Waals surface area contributed by atoms with Crippen LogP contribution >= 0.6 is 0 Å². The Balaban J connectivity index is 1.42. The van der Waals surface area contributed by atoms with Gasteiger partial charge in [-0.05, 0) is 55.4 Å². The molecular formula is C21H28N4O. The fourth-order valence-electron chi connectivity index (χ4n) is 4.28. The van der Waals surface area contributed by atoms with Crippen molar-refractivity contribution in [1.82, 2.24) is 20.4 Å². The summed E-state index contributed by atoms with van der Waals surface area (Å²) in [4.78, 5) is 11.6. The Hall–Kier alpha value is -2.14. The van der Waals surface area contributed by atoms with Crippen molar-refractivity contribution in [3.8, 4) is 0 Å². The van der Waals surface area contributed by atoms with Crippen LogP contribution in [0.1, 0.15) is 77.8 Å². The number of hydrogen-bond donors (Lipinski definition) is 2. The van der Waals surface area contributed by atoms with Gasteiger partial charge in [0.05, 0.1) is 17.8 Å². The second kappa shape index (κ2) is 7.62. The second-order valence-corrected chi connectivity index (χ2v) is 7.56. The lowest BCUT2D eigenvalue weighted by Crippen LogP contribution is -2.25. The van der Waals surface area contributed by atoms with Gasteiger partial charge in [0.25, 0.3) is 5.91 Å². The van der Waals surface area contributed by atoms with Gasteiger partial charge in [-0.25, -0.2) is 0 Å². The molecule has 1 fully saturated rings. The highest BCUT2D eigenvalue weighted by molar-refractivity contribution is 5.93. The van der Waals surface area contributed by atoms with Crippen LogP contribution in [0.3, 0.4) is 0 Å². The highest BCUT2D eigenvalue weighted by Crippen LogP contribution is 2.33. The maximum atomic E-state index is 11.6. The number of fused-ring (bicyclic) bond motifs is 1. The first-order valence-corrected chi connectivity index (χ1v) is 9.87. The lowest BCUT2D eigenvalue weighted by atomic mass is 9.93. The lowest BCUT2D eigenvalue weighted by Gasteiger charge is -2.22. The molecule has 4 rings (SSSR count). The molecule has 2 N–H and O–H groups in total. The van der Waals surface area contributed by atoms with Gasteiger partial charge in [0, 0.05) is 25.4 Å². The molecule has 0 unspecified atom stereocenters. The Morgan fingerprint density at radius 1 is 1.15 bits per heavy atom. The van der Waals surface area contributed by atoms with E-state index in [1.54, 1.807) is 7.05 Å². The number of aromatic nitrogens is 2. The third-order valence-corrected chi connectivity index (χ3v) is 5.80. The van der Waals surface area contributed by atoms with Crippen LogP contribution in [0.2, 0.25) is 0 Å². The topological polar surface area (TPSA) is 59.0 Å². The average molecular weight is 352 g/mol. The van der Waals surface area contributed by atoms with Gasteiger partial charge in [-0.2, -0.15) is 5.10 Å². The van der Waals surface area contributed by atoms with Crippen LogP contribution in [0.15, 0.2) is 30.5 Å². The second-order valence-electron chi connectivity index (χ2n) is 7.56. The van der Waals surface area contributed by atoms with Crippen molar-refractivity contribution in [2.75, 3.05) is 7.05 Å². The fourth-order valence-corrected chi connectivity index (χ4v) is 4.28. The molecule has 2 aliphatic carbocycles. The van der Waals surface area contributed by atoms with E-state index in [1.165, 1.54) is 48.9 Å². The number of aryl methyl sites for hydroxylation is 1. The Morgan fingerprint density at radius 3 is 2.65 bits per heavy atom. The van der Waals surface area contributed by atoms with Crippen molar-refractivity contribution < 1.29 is 4.79 Å². The minimum absolute atomic E-state index is 0.0427. The molecule has 1 amide bonds. The minimum atomic E-state index is -0.0427. The SMILES string of the molecule is CNC(=O)c1ccc(CN[C@H]2CCCc3cn(C4CCCC4)nc32)cc1. The molecule has 2 aliphatic rings. The average Bonchev–Trinajstić information content (AvgIpc) is 3.35. The Morgan fingerprint density at radius 2 is 1.92 bits per heavy atom. The van der Waals surface area contributed by atoms with Gasteiger partial charge >= 0.3 is 0 Å². The van der Waals surface area contributed by atoms with E-state index >= 15 is 0 Å². The zero-order valence-electron chi connectivity index (χ0n) is 15.5. The normalized spacial score (nSPS) is 20.1. The van der Waals surface area contributed by atoms with Gasteiger partial charge in [0.15, 0.2) is 0 Å². The van der Waals surface area contributed by atoms with E-state index in [4.69, 9.17) is 5.10 Å². The molecule has 0 bridgehead atoms. The molecular weight excluding hydrogens is 324 g/mol. The summed E-state index contributed by atoms with van der Waals surface area (Å²) in [7, 11) is 1.66. The van der Waals surface area contributed by atoms with E-state index in [9.17, 15) is 4.79 Å². The van der Waals surface area contributed by atoms with Crippen molar-refractivity contribution in [1.29, 1.82) is 0 Å². The van der Waals surface area contributed by atoms with Crippen molar-refractivity contribution in [2.45, 2.75) is 63.6 Å². The Kier molecular flexibility index (Phi) is 5.07. The quantitative estimate of drug-likeness (QED) is 0.865. The summed E-state index contributed by atoms with van der Waals surface area (Å²) in [6.45, 7) is 0.800. The van der Waals surface area contributed by atoms with Crippen molar-refractivity contribution in [2.24, 2.45) is 0 Å². The molecule has 5 nitrogen and oxygen atoms in total. The van der Waals surface area contributed by atoms with Gasteiger partial charge in [-0.1, -0.05) is 25.0 Å². The number of carbonyl (C=O) groups is 1. The zero-order chi connectivity index (χ0) is 17.9. The number of benzene rings is 1. The van der Waals surface area contributed by atoms with E-state index in [0.717, 1.165) is 19.4 Å². The van der Waals surface area contributed by atoms with Crippen LogP contribution in [-0.4, -0.2) is 22.7 Å². The molecule has 0 aliphatic heterocycles. The molecule has 26 heavy (non-hydrogen) atoms. The maximum Gasteiger partial charge on any atom is 0.251 e. The van der Waals surface area contributed by atoms with Crippen LogP contribution in [0.25, 0.3) is 0 Å². The fraction of sp³-hybridized carbons (Fsp3) is 0.524. The smallest absolute Gasteiger partial charge is 0.251 e. The van der Waals surface area contributed by atoms with Gasteiger partial charge in [-0.15, -0.1) is 0 Å². The number of amides is 1. The third kappa shape index (κ3) is 3.54. The lowest BCUT2D eigenvalue weighted by molar-refractivity contribution is 0.0963. The van der Waals surface area contributed by atoms with Crippen LogP contribution in [0.4, 0.5) is 0 Å². The van der Waals surface area contributed by atoms with Crippen molar-refractivity contribution in [3.63, 3.8) is 0 Å². The predicted octanol–water partition coefficient (Wildman–Crippen LogP) is 3.53. The van der Waals surface area contributed by atoms with Crippen LogP contribution in [-0.2, 0) is 13.0 Å². The first-order chi connectivity index (χ1) is 12.7. The maximum absolute atomic E-state index is 11.6. The summed E-state index contributed by atoms with van der Waals surface area (Å²) in [5.41, 5.74) is 4.58. The molecule has 138 valence electrons. The summed E-state index contributed by atoms with van der Waals surface area (Å²) in [5.74, 6) is -0.0427. The van der Waals surface area contributed by atoms with Gasteiger partial charge in [0.2, 0.25) is 0 Å². The molecule has 0 radical (unpaired) electrons. The predicted molar refractivity (Wildman–Crippen MR) is 102 cm³/mol. The first-order valence-electron chi connectivity index (χ1n) is 9.87. The summed E-state index contributed by atoms with van der Waals surface area (Å²) in [5, 5.41) is 11.3. The summed E-state index contributed by atoms with van der Waals surface area (Å²) < 4.78 is 2.25. The van der Waals surface area contributed by atoms with Crippen LogP contribution in [0.5, 0.6) is 0 Å². The summed E-state index contributed by atoms with van der Waals surface area (Å²) in [6.07, 6.45) is 11.0. The van der Waals surface area contributed by atoms with E-state index < -0.39 is 0 Å². The number of hydrogen-bond acceptors (Lipinski definition) is 3. The molecule has 0 saturated heterocycles. The Labute approximate surface area is 155 Å². The van der Waals surface area contributed by atoms with Gasteiger partial charge in [-0.3, -0.25) is 9.48 Å². The molecule has 1 aromatic carbocycles. The molecule has 5 heteroatoms. The van der Waals surface area contributed by atoms with Gasteiger partial charge in [0.1, 0.15) is 0 Å². The molecule has 2 aromatic rings. The Bertz CT molecular complexity index is 759. The van der Waals surface area contributed by atoms with Crippen molar-refractivity contribution in [3.05, 3.63) is 52.8 Å². The molecule has 0 spiro atoms. The molecule has 1 saturated carbocycles. The highest BCUT2D eigenvalue weighted by Gasteiger charge is 2.26. The van der Waals surface area contributed by atoms with Crippen LogP contribution in [0, 0.1) is 0 Å². The third-order valence-electron chi connectivity index (χ3n) is 5.80. The van der Waals surface area contributed by atoms with Crippen molar-refractivity contribution >= 4 is 5.91 Å². The first kappa shape index (κ1) is 17.3. The zero-order valence-corrected chi connectivity index (χ0v) is 15.5. The number of carbonyl (C=O) groups excluding carboxylic acids is 1. The number of rotatable bonds is 5. The monoisotopic (exact) mass is 352 g/mol. The summed E-state index contributed by atoms with van der Waals surface area (Å²) in [6, 6.07) is 8.77. The molecule has 1 aromatic heterocycles. The van der Waals surface area contributed by atoms with Gasteiger partial charge < -0.3 is 10.6 Å². The summed E-state index contributed by atoms with van der Waals surface area (Å²) >= 11 is 0. The van der Waals surface area contributed by atoms with E-state index in [2.05, 4.69) is 21.5 Å². The minimum Gasteiger partial charge on any atom is -0.355 e. The largest absolute Gasteiger partial charge is 0.355 e. The van der Waals surface area contributed by atoms with Crippen LogP contribution < -0.4 is 10.6 Å². The molecule has 1 heterocycles. The number of nitrogens with one attached hydrogen (secondary N) is 2. The van der Waals surface area contributed by atoms with E-state index in [1.807, 2.05) is 24.3 Å². The molecule has 1 atom stereocenters. The van der Waals surface area contributed by atoms with E-state index in [0.29, 0.717) is 17.6 Å². The highest BCUT2D eigenvalue weighted by atomic mass is 16.1. The van der Waals surface area contributed by atoms with E-state index in [-0.39, 0.29) is 5.91 Å². The standard InChI is InChI=1S/C21H28N4O/c1-22-21(26)16-11-9-15(10-12-16)13-23-19-8-4-5-17-14-25(24-20(17)19)18-6-2-3-7-18/h9-12,14,18-19,23H,2-8,13H2,1H3,(H,22,26)/t19-/m0/s1.